The molecule has 4 heteroatoms. The van der Waals surface area contributed by atoms with Gasteiger partial charge in [-0.3, -0.25) is 4.57 Å². The standard InChI is InChI=1S/C20H17O3P/c21-24(22,23)20(14-6-10-16-8-2-4-12-18(16)20)19-13-5-9-15-7-1-3-11-17(15)19/h1-13H,14H2,(H2,21,22,23). The van der Waals surface area contributed by atoms with Crippen molar-refractivity contribution in [2.75, 3.05) is 0 Å². The predicted octanol–water partition coefficient (Wildman–Crippen LogP) is 4.68. The Labute approximate surface area is 140 Å². The van der Waals surface area contributed by atoms with Gasteiger partial charge in [0.25, 0.3) is 0 Å². The number of benzene rings is 3. The van der Waals surface area contributed by atoms with Crippen molar-refractivity contribution in [2.24, 2.45) is 0 Å². The second-order valence-corrected chi connectivity index (χ2v) is 7.98. The van der Waals surface area contributed by atoms with E-state index < -0.39 is 12.8 Å². The summed E-state index contributed by atoms with van der Waals surface area (Å²) in [5.41, 5.74) is 2.24. The molecule has 0 aromatic heterocycles. The molecule has 0 fully saturated rings. The van der Waals surface area contributed by atoms with Crippen LogP contribution in [0.4, 0.5) is 0 Å². The van der Waals surface area contributed by atoms with E-state index in [1.165, 1.54) is 0 Å². The van der Waals surface area contributed by atoms with Crippen LogP contribution < -0.4 is 0 Å². The van der Waals surface area contributed by atoms with Crippen LogP contribution in [-0.2, 0) is 9.72 Å². The molecule has 120 valence electrons. The maximum absolute atomic E-state index is 12.8. The van der Waals surface area contributed by atoms with Crippen LogP contribution in [0.3, 0.4) is 0 Å². The lowest BCUT2D eigenvalue weighted by Gasteiger charge is -2.38. The van der Waals surface area contributed by atoms with Crippen molar-refractivity contribution in [1.29, 1.82) is 0 Å². The van der Waals surface area contributed by atoms with Crippen molar-refractivity contribution < 1.29 is 14.4 Å². The molecule has 0 saturated heterocycles. The lowest BCUT2D eigenvalue weighted by molar-refractivity contribution is 0.338. The third kappa shape index (κ3) is 2.10. The zero-order chi connectivity index (χ0) is 16.8. The fourth-order valence-corrected chi connectivity index (χ4v) is 5.13. The molecule has 0 bridgehead atoms. The first-order valence-corrected chi connectivity index (χ1v) is 9.45. The normalized spacial score (nSPS) is 20.1. The number of fused-ring (bicyclic) bond motifs is 2. The van der Waals surface area contributed by atoms with Crippen LogP contribution in [0, 0.1) is 0 Å². The first kappa shape index (κ1) is 15.3. The van der Waals surface area contributed by atoms with E-state index in [1.54, 1.807) is 0 Å². The first-order valence-electron chi connectivity index (χ1n) is 7.84. The van der Waals surface area contributed by atoms with E-state index in [9.17, 15) is 14.4 Å². The average Bonchev–Trinajstić information content (AvgIpc) is 2.60. The van der Waals surface area contributed by atoms with Gasteiger partial charge in [0.15, 0.2) is 0 Å². The molecule has 3 aromatic carbocycles. The van der Waals surface area contributed by atoms with Gasteiger partial charge >= 0.3 is 7.60 Å². The fourth-order valence-electron chi connectivity index (χ4n) is 3.76. The molecule has 3 aromatic rings. The van der Waals surface area contributed by atoms with Crippen LogP contribution in [0.1, 0.15) is 23.1 Å². The van der Waals surface area contributed by atoms with E-state index in [1.807, 2.05) is 78.9 Å². The summed E-state index contributed by atoms with van der Waals surface area (Å²) in [6.45, 7) is 0. The highest BCUT2D eigenvalue weighted by atomic mass is 31.2. The molecular weight excluding hydrogens is 319 g/mol. The molecule has 2 N–H and O–H groups in total. The quantitative estimate of drug-likeness (QED) is 0.668. The van der Waals surface area contributed by atoms with E-state index in [2.05, 4.69) is 0 Å². The Bertz CT molecular complexity index is 997. The Hall–Kier alpha value is -2.19. The maximum atomic E-state index is 12.8. The van der Waals surface area contributed by atoms with E-state index >= 15 is 0 Å². The Morgan fingerprint density at radius 3 is 2.33 bits per heavy atom. The second kappa shape index (κ2) is 5.42. The molecule has 0 saturated carbocycles. The van der Waals surface area contributed by atoms with E-state index in [0.717, 1.165) is 16.3 Å². The van der Waals surface area contributed by atoms with E-state index in [4.69, 9.17) is 0 Å². The molecule has 1 unspecified atom stereocenters. The lowest BCUT2D eigenvalue weighted by Crippen LogP contribution is -2.30. The Balaban J connectivity index is 2.14. The zero-order valence-electron chi connectivity index (χ0n) is 13.0. The SMILES string of the molecule is O=P(O)(O)C1(c2cccc3ccccc23)CC=Cc2ccccc21. The van der Waals surface area contributed by atoms with Gasteiger partial charge in [0.05, 0.1) is 0 Å². The Morgan fingerprint density at radius 1 is 0.833 bits per heavy atom. The minimum atomic E-state index is -4.48. The van der Waals surface area contributed by atoms with Crippen molar-refractivity contribution in [2.45, 2.75) is 11.6 Å². The van der Waals surface area contributed by atoms with Crippen molar-refractivity contribution in [3.63, 3.8) is 0 Å². The van der Waals surface area contributed by atoms with Crippen molar-refractivity contribution in [3.8, 4) is 0 Å². The number of allylic oxidation sites excluding steroid dienone is 1. The third-order valence-electron chi connectivity index (χ3n) is 4.85. The highest BCUT2D eigenvalue weighted by Crippen LogP contribution is 2.65. The molecule has 0 spiro atoms. The highest BCUT2D eigenvalue weighted by Gasteiger charge is 2.51. The van der Waals surface area contributed by atoms with Crippen LogP contribution in [0.15, 0.2) is 72.8 Å². The Morgan fingerprint density at radius 2 is 1.50 bits per heavy atom. The minimum Gasteiger partial charge on any atom is -0.324 e. The van der Waals surface area contributed by atoms with Crippen molar-refractivity contribution in [1.82, 2.24) is 0 Å². The van der Waals surface area contributed by atoms with Gasteiger partial charge in [0, 0.05) is 0 Å². The van der Waals surface area contributed by atoms with Crippen LogP contribution in [-0.4, -0.2) is 9.79 Å². The topological polar surface area (TPSA) is 57.5 Å². The fraction of sp³-hybridized carbons (Fsp3) is 0.100. The van der Waals surface area contributed by atoms with Crippen molar-refractivity contribution in [3.05, 3.63) is 89.5 Å². The lowest BCUT2D eigenvalue weighted by atomic mass is 9.79. The van der Waals surface area contributed by atoms with Gasteiger partial charge in [-0.15, -0.1) is 0 Å². The molecule has 0 heterocycles. The zero-order valence-corrected chi connectivity index (χ0v) is 13.9. The molecular formula is C20H17O3P. The summed E-state index contributed by atoms with van der Waals surface area (Å²) in [6.07, 6.45) is 4.08. The molecule has 3 nitrogen and oxygen atoms in total. The van der Waals surface area contributed by atoms with Gasteiger partial charge < -0.3 is 9.79 Å². The minimum absolute atomic E-state index is 0.280. The van der Waals surface area contributed by atoms with Gasteiger partial charge in [-0.25, -0.2) is 0 Å². The van der Waals surface area contributed by atoms with E-state index in [-0.39, 0.29) is 6.42 Å². The smallest absolute Gasteiger partial charge is 0.324 e. The summed E-state index contributed by atoms with van der Waals surface area (Å²) in [6, 6.07) is 20.9. The number of hydrogen-bond acceptors (Lipinski definition) is 1. The van der Waals surface area contributed by atoms with Crippen LogP contribution >= 0.6 is 7.60 Å². The summed E-state index contributed by atoms with van der Waals surface area (Å²) in [5, 5.41) is 0.516. The monoisotopic (exact) mass is 336 g/mol. The molecule has 1 aliphatic rings. The Kier molecular flexibility index (Phi) is 3.47. The van der Waals surface area contributed by atoms with Crippen molar-refractivity contribution >= 4 is 24.4 Å². The summed E-state index contributed by atoms with van der Waals surface area (Å²) in [7, 11) is -4.48. The van der Waals surface area contributed by atoms with Crippen LogP contribution in [0.2, 0.25) is 0 Å². The molecule has 0 amide bonds. The molecule has 0 aliphatic heterocycles. The van der Waals surface area contributed by atoms with Gasteiger partial charge in [0.1, 0.15) is 5.16 Å². The summed E-state index contributed by atoms with van der Waals surface area (Å²) in [4.78, 5) is 20.9. The van der Waals surface area contributed by atoms with Gasteiger partial charge in [-0.2, -0.15) is 0 Å². The maximum Gasteiger partial charge on any atom is 0.340 e. The molecule has 0 radical (unpaired) electrons. The van der Waals surface area contributed by atoms with Gasteiger partial charge in [-0.1, -0.05) is 78.9 Å². The average molecular weight is 336 g/mol. The summed E-state index contributed by atoms with van der Waals surface area (Å²) < 4.78 is 12.8. The molecule has 1 atom stereocenters. The third-order valence-corrected chi connectivity index (χ3v) is 6.51. The largest absolute Gasteiger partial charge is 0.340 e. The van der Waals surface area contributed by atoms with Crippen LogP contribution in [0.25, 0.3) is 16.8 Å². The summed E-state index contributed by atoms with van der Waals surface area (Å²) >= 11 is 0. The predicted molar refractivity (Wildman–Crippen MR) is 96.9 cm³/mol. The summed E-state index contributed by atoms with van der Waals surface area (Å²) in [5.74, 6) is 0. The van der Waals surface area contributed by atoms with Crippen LogP contribution in [0.5, 0.6) is 0 Å². The molecule has 24 heavy (non-hydrogen) atoms. The molecule has 4 rings (SSSR count). The number of rotatable bonds is 2. The first-order chi connectivity index (χ1) is 11.5. The second-order valence-electron chi connectivity index (χ2n) is 6.12. The molecule has 1 aliphatic carbocycles. The van der Waals surface area contributed by atoms with E-state index in [0.29, 0.717) is 11.1 Å². The highest BCUT2D eigenvalue weighted by molar-refractivity contribution is 7.53. The van der Waals surface area contributed by atoms with Gasteiger partial charge in [0.2, 0.25) is 0 Å². The van der Waals surface area contributed by atoms with Gasteiger partial charge in [-0.05, 0) is 33.9 Å². The number of hydrogen-bond donors (Lipinski definition) is 2.